The molecule has 2 rings (SSSR count). The molecule has 0 amide bonds. The number of hydrogen-bond donors (Lipinski definition) is 1. The molecule has 0 bridgehead atoms. The Balaban J connectivity index is 1.81. The maximum atomic E-state index is 12.3. The van der Waals surface area contributed by atoms with Crippen LogP contribution in [0.1, 0.15) is 18.4 Å². The lowest BCUT2D eigenvalue weighted by atomic mass is 10.0. The molecular formula is C14H19F2NO2. The predicted molar refractivity (Wildman–Crippen MR) is 68.3 cm³/mol. The monoisotopic (exact) mass is 271 g/mol. The molecule has 1 aliphatic rings. The molecule has 0 radical (unpaired) electrons. The Kier molecular flexibility index (Phi) is 5.54. The van der Waals surface area contributed by atoms with E-state index in [0.29, 0.717) is 12.5 Å². The molecule has 0 spiro atoms. The number of rotatable bonds is 6. The zero-order valence-electron chi connectivity index (χ0n) is 10.8. The number of hydrogen-bond acceptors (Lipinski definition) is 3. The van der Waals surface area contributed by atoms with E-state index < -0.39 is 6.61 Å². The maximum Gasteiger partial charge on any atom is 0.387 e. The van der Waals surface area contributed by atoms with Gasteiger partial charge in [-0.2, -0.15) is 8.78 Å². The first kappa shape index (κ1) is 14.2. The van der Waals surface area contributed by atoms with Gasteiger partial charge in [0, 0.05) is 25.3 Å². The zero-order chi connectivity index (χ0) is 13.5. The van der Waals surface area contributed by atoms with Crippen LogP contribution >= 0.6 is 0 Å². The summed E-state index contributed by atoms with van der Waals surface area (Å²) in [6.45, 7) is 0.208. The van der Waals surface area contributed by atoms with Crippen molar-refractivity contribution in [3.05, 3.63) is 29.8 Å². The van der Waals surface area contributed by atoms with Gasteiger partial charge >= 0.3 is 6.61 Å². The van der Waals surface area contributed by atoms with E-state index in [9.17, 15) is 8.78 Å². The van der Waals surface area contributed by atoms with Crippen molar-refractivity contribution in [2.24, 2.45) is 5.92 Å². The van der Waals surface area contributed by atoms with Crippen LogP contribution < -0.4 is 10.1 Å². The lowest BCUT2D eigenvalue weighted by Crippen LogP contribution is -2.29. The molecule has 1 saturated heterocycles. The number of halogens is 2. The van der Waals surface area contributed by atoms with E-state index in [4.69, 9.17) is 4.74 Å². The smallest absolute Gasteiger partial charge is 0.387 e. The number of nitrogens with one attached hydrogen (secondary N) is 1. The van der Waals surface area contributed by atoms with Crippen molar-refractivity contribution in [1.29, 1.82) is 0 Å². The minimum absolute atomic E-state index is 0.241. The van der Waals surface area contributed by atoms with Crippen LogP contribution in [0.25, 0.3) is 0 Å². The Morgan fingerprint density at radius 3 is 2.95 bits per heavy atom. The van der Waals surface area contributed by atoms with Gasteiger partial charge in [0.15, 0.2) is 0 Å². The van der Waals surface area contributed by atoms with Gasteiger partial charge in [-0.15, -0.1) is 0 Å². The number of alkyl halides is 2. The summed E-state index contributed by atoms with van der Waals surface area (Å²) in [6.07, 6.45) is 2.25. The average Bonchev–Trinajstić information content (AvgIpc) is 2.41. The van der Waals surface area contributed by atoms with Crippen LogP contribution in [0.2, 0.25) is 0 Å². The average molecular weight is 271 g/mol. The van der Waals surface area contributed by atoms with Crippen molar-refractivity contribution in [1.82, 2.24) is 5.32 Å². The minimum atomic E-state index is -2.78. The molecule has 19 heavy (non-hydrogen) atoms. The van der Waals surface area contributed by atoms with Gasteiger partial charge in [-0.3, -0.25) is 0 Å². The third-order valence-electron chi connectivity index (χ3n) is 3.19. The van der Waals surface area contributed by atoms with E-state index >= 15 is 0 Å². The minimum Gasteiger partial charge on any atom is -0.434 e. The summed E-state index contributed by atoms with van der Waals surface area (Å²) in [5.74, 6) is 0.752. The van der Waals surface area contributed by atoms with Gasteiger partial charge in [0.2, 0.25) is 0 Å². The summed E-state index contributed by atoms with van der Waals surface area (Å²) in [5, 5.41) is 3.28. The van der Waals surface area contributed by atoms with Crippen LogP contribution in [0.4, 0.5) is 8.78 Å². The third-order valence-corrected chi connectivity index (χ3v) is 3.19. The molecule has 1 atom stereocenters. The molecule has 106 valence electrons. The summed E-state index contributed by atoms with van der Waals surface area (Å²) in [5.41, 5.74) is 0.750. The second-order valence-electron chi connectivity index (χ2n) is 4.70. The largest absolute Gasteiger partial charge is 0.434 e. The fourth-order valence-corrected chi connectivity index (χ4v) is 2.24. The lowest BCUT2D eigenvalue weighted by molar-refractivity contribution is -0.0505. The fraction of sp³-hybridized carbons (Fsp3) is 0.571. The van der Waals surface area contributed by atoms with Crippen LogP contribution in [0.15, 0.2) is 24.3 Å². The van der Waals surface area contributed by atoms with Crippen molar-refractivity contribution < 1.29 is 18.3 Å². The topological polar surface area (TPSA) is 30.5 Å². The van der Waals surface area contributed by atoms with Crippen LogP contribution in [-0.4, -0.2) is 26.4 Å². The van der Waals surface area contributed by atoms with Crippen molar-refractivity contribution >= 4 is 0 Å². The highest BCUT2D eigenvalue weighted by Crippen LogP contribution is 2.20. The number of para-hydroxylation sites is 1. The van der Waals surface area contributed by atoms with Crippen LogP contribution in [0, 0.1) is 5.92 Å². The Hall–Kier alpha value is -1.20. The zero-order valence-corrected chi connectivity index (χ0v) is 10.8. The van der Waals surface area contributed by atoms with Gasteiger partial charge in [0.05, 0.1) is 6.61 Å². The summed E-state index contributed by atoms with van der Waals surface area (Å²) in [7, 11) is 0. The molecule has 1 fully saturated rings. The normalized spacial score (nSPS) is 19.6. The summed E-state index contributed by atoms with van der Waals surface area (Å²) >= 11 is 0. The first-order chi connectivity index (χ1) is 9.25. The second-order valence-corrected chi connectivity index (χ2v) is 4.70. The highest BCUT2D eigenvalue weighted by molar-refractivity contribution is 5.33. The van der Waals surface area contributed by atoms with Gasteiger partial charge in [0.1, 0.15) is 5.75 Å². The van der Waals surface area contributed by atoms with Gasteiger partial charge in [-0.05, 0) is 24.8 Å². The molecule has 0 saturated carbocycles. The summed E-state index contributed by atoms with van der Waals surface area (Å²) < 4.78 is 34.4. The molecule has 1 aliphatic heterocycles. The summed E-state index contributed by atoms with van der Waals surface area (Å²) in [4.78, 5) is 0. The SMILES string of the molecule is FC(F)Oc1ccccc1CNCC1CCCOC1. The molecule has 0 aromatic heterocycles. The quantitative estimate of drug-likeness (QED) is 0.863. The van der Waals surface area contributed by atoms with Crippen molar-refractivity contribution in [2.75, 3.05) is 19.8 Å². The fourth-order valence-electron chi connectivity index (χ4n) is 2.24. The molecule has 1 N–H and O–H groups in total. The molecule has 1 unspecified atom stereocenters. The highest BCUT2D eigenvalue weighted by atomic mass is 19.3. The van der Waals surface area contributed by atoms with E-state index in [-0.39, 0.29) is 5.75 Å². The molecule has 3 nitrogen and oxygen atoms in total. The molecular weight excluding hydrogens is 252 g/mol. The third kappa shape index (κ3) is 4.76. The van der Waals surface area contributed by atoms with Crippen LogP contribution in [0.5, 0.6) is 5.75 Å². The predicted octanol–water partition coefficient (Wildman–Crippen LogP) is 2.80. The number of benzene rings is 1. The summed E-state index contributed by atoms with van der Waals surface area (Å²) in [6, 6.07) is 6.87. The first-order valence-electron chi connectivity index (χ1n) is 6.57. The van der Waals surface area contributed by atoms with E-state index in [0.717, 1.165) is 38.2 Å². The molecule has 1 aromatic rings. The molecule has 0 aliphatic carbocycles. The lowest BCUT2D eigenvalue weighted by Gasteiger charge is -2.22. The molecule has 1 aromatic carbocycles. The maximum absolute atomic E-state index is 12.3. The van der Waals surface area contributed by atoms with Crippen LogP contribution in [-0.2, 0) is 11.3 Å². The van der Waals surface area contributed by atoms with Crippen molar-refractivity contribution in [3.63, 3.8) is 0 Å². The Morgan fingerprint density at radius 1 is 1.37 bits per heavy atom. The van der Waals surface area contributed by atoms with Crippen molar-refractivity contribution in [3.8, 4) is 5.75 Å². The first-order valence-corrected chi connectivity index (χ1v) is 6.57. The Bertz CT molecular complexity index is 381. The second kappa shape index (κ2) is 7.40. The Labute approximate surface area is 111 Å². The van der Waals surface area contributed by atoms with Crippen LogP contribution in [0.3, 0.4) is 0 Å². The highest BCUT2D eigenvalue weighted by Gasteiger charge is 2.14. The van der Waals surface area contributed by atoms with Gasteiger partial charge in [0.25, 0.3) is 0 Å². The van der Waals surface area contributed by atoms with Gasteiger partial charge in [-0.1, -0.05) is 18.2 Å². The molecule has 1 heterocycles. The number of ether oxygens (including phenoxy) is 2. The van der Waals surface area contributed by atoms with Gasteiger partial charge < -0.3 is 14.8 Å². The van der Waals surface area contributed by atoms with E-state index in [2.05, 4.69) is 10.1 Å². The van der Waals surface area contributed by atoms with E-state index in [1.54, 1.807) is 18.2 Å². The standard InChI is InChI=1S/C14H19F2NO2/c15-14(16)19-13-6-2-1-5-12(13)9-17-8-11-4-3-7-18-10-11/h1-2,5-6,11,14,17H,3-4,7-10H2. The van der Waals surface area contributed by atoms with E-state index in [1.165, 1.54) is 0 Å². The molecule has 5 heteroatoms. The van der Waals surface area contributed by atoms with Gasteiger partial charge in [-0.25, -0.2) is 0 Å². The van der Waals surface area contributed by atoms with E-state index in [1.807, 2.05) is 6.07 Å². The Morgan fingerprint density at radius 2 is 2.21 bits per heavy atom. The van der Waals surface area contributed by atoms with Crippen molar-refractivity contribution in [2.45, 2.75) is 26.0 Å².